The molecule has 5 heteroatoms. The summed E-state index contributed by atoms with van der Waals surface area (Å²) >= 11 is 3.56. The zero-order valence-corrected chi connectivity index (χ0v) is 13.8. The van der Waals surface area contributed by atoms with Crippen molar-refractivity contribution < 1.29 is 0 Å². The fourth-order valence-corrected chi connectivity index (χ4v) is 5.36. The molecule has 2 aliphatic rings. The minimum atomic E-state index is 0.208. The summed E-state index contributed by atoms with van der Waals surface area (Å²) in [5.41, 5.74) is 4.30. The van der Waals surface area contributed by atoms with E-state index in [2.05, 4.69) is 35.4 Å². The van der Waals surface area contributed by atoms with E-state index in [0.29, 0.717) is 0 Å². The quantitative estimate of drug-likeness (QED) is 0.824. The van der Waals surface area contributed by atoms with Crippen molar-refractivity contribution in [2.45, 2.75) is 38.1 Å². The van der Waals surface area contributed by atoms with Gasteiger partial charge in [-0.25, -0.2) is 4.98 Å². The van der Waals surface area contributed by atoms with Crippen LogP contribution in [-0.4, -0.2) is 21.4 Å². The SMILES string of the molecule is CC1CCCC2(CSC(Nc3ccc4ncsc4c3)=N2)C1. The van der Waals surface area contributed by atoms with Gasteiger partial charge >= 0.3 is 0 Å². The van der Waals surface area contributed by atoms with Gasteiger partial charge in [0.1, 0.15) is 0 Å². The molecule has 0 saturated heterocycles. The standard InChI is InChI=1S/C16H19N3S2/c1-11-3-2-6-16(8-11)9-20-15(19-16)18-12-4-5-13-14(7-12)21-10-17-13/h4-5,7,10-11H,2-3,6,8-9H2,1H3,(H,18,19). The van der Waals surface area contributed by atoms with Gasteiger partial charge in [-0.3, -0.25) is 4.99 Å². The Balaban J connectivity index is 1.54. The number of aliphatic imine (C=N–C) groups is 1. The average molecular weight is 317 g/mol. The third kappa shape index (κ3) is 2.69. The number of amidine groups is 1. The van der Waals surface area contributed by atoms with Crippen molar-refractivity contribution in [1.82, 2.24) is 4.98 Å². The molecular weight excluding hydrogens is 298 g/mol. The number of nitrogens with zero attached hydrogens (tertiary/aromatic N) is 2. The predicted octanol–water partition coefficient (Wildman–Crippen LogP) is 4.76. The lowest BCUT2D eigenvalue weighted by Gasteiger charge is -2.33. The molecule has 1 saturated carbocycles. The largest absolute Gasteiger partial charge is 0.335 e. The van der Waals surface area contributed by atoms with Crippen molar-refractivity contribution >= 4 is 44.2 Å². The first-order chi connectivity index (χ1) is 10.2. The highest BCUT2D eigenvalue weighted by Crippen LogP contribution is 2.42. The molecule has 2 unspecified atom stereocenters. The number of benzene rings is 1. The van der Waals surface area contributed by atoms with Crippen LogP contribution in [0.1, 0.15) is 32.6 Å². The van der Waals surface area contributed by atoms with Gasteiger partial charge < -0.3 is 5.32 Å². The summed E-state index contributed by atoms with van der Waals surface area (Å²) in [4.78, 5) is 9.37. The van der Waals surface area contributed by atoms with Gasteiger partial charge in [-0.05, 0) is 37.0 Å². The number of fused-ring (bicyclic) bond motifs is 1. The van der Waals surface area contributed by atoms with Gasteiger partial charge in [0.05, 0.1) is 21.3 Å². The van der Waals surface area contributed by atoms with E-state index >= 15 is 0 Å². The fourth-order valence-electron chi connectivity index (χ4n) is 3.47. The molecule has 2 aromatic rings. The number of thiazole rings is 1. The minimum absolute atomic E-state index is 0.208. The van der Waals surface area contributed by atoms with Crippen LogP contribution < -0.4 is 5.32 Å². The molecule has 1 aliphatic heterocycles. The lowest BCUT2D eigenvalue weighted by molar-refractivity contribution is 0.266. The molecule has 1 N–H and O–H groups in total. The molecule has 4 rings (SSSR count). The first-order valence-electron chi connectivity index (χ1n) is 7.55. The van der Waals surface area contributed by atoms with Crippen LogP contribution in [0.5, 0.6) is 0 Å². The number of hydrogen-bond donors (Lipinski definition) is 1. The summed E-state index contributed by atoms with van der Waals surface area (Å²) in [6.07, 6.45) is 5.19. The topological polar surface area (TPSA) is 37.3 Å². The van der Waals surface area contributed by atoms with Gasteiger partial charge in [-0.2, -0.15) is 0 Å². The first-order valence-corrected chi connectivity index (χ1v) is 9.42. The maximum Gasteiger partial charge on any atom is 0.161 e. The second-order valence-corrected chi connectivity index (χ2v) is 8.14. The van der Waals surface area contributed by atoms with E-state index in [0.717, 1.165) is 28.0 Å². The molecule has 21 heavy (non-hydrogen) atoms. The van der Waals surface area contributed by atoms with E-state index in [9.17, 15) is 0 Å². The van der Waals surface area contributed by atoms with E-state index in [1.807, 2.05) is 17.3 Å². The van der Waals surface area contributed by atoms with Crippen molar-refractivity contribution in [2.75, 3.05) is 11.1 Å². The van der Waals surface area contributed by atoms with Crippen molar-refractivity contribution in [3.63, 3.8) is 0 Å². The zero-order valence-electron chi connectivity index (χ0n) is 12.1. The van der Waals surface area contributed by atoms with Crippen LogP contribution in [0.15, 0.2) is 28.7 Å². The maximum absolute atomic E-state index is 5.05. The van der Waals surface area contributed by atoms with Gasteiger partial charge in [0.15, 0.2) is 5.17 Å². The van der Waals surface area contributed by atoms with E-state index in [1.54, 1.807) is 11.3 Å². The summed E-state index contributed by atoms with van der Waals surface area (Å²) in [5, 5.41) is 4.59. The number of rotatable bonds is 1. The van der Waals surface area contributed by atoms with Crippen LogP contribution in [0.2, 0.25) is 0 Å². The summed E-state index contributed by atoms with van der Waals surface area (Å²) in [6.45, 7) is 2.37. The third-order valence-corrected chi connectivity index (χ3v) is 6.41. The highest BCUT2D eigenvalue weighted by molar-refractivity contribution is 8.14. The molecule has 1 spiro atoms. The van der Waals surface area contributed by atoms with Gasteiger partial charge in [-0.1, -0.05) is 31.5 Å². The monoisotopic (exact) mass is 317 g/mol. The van der Waals surface area contributed by atoms with Gasteiger partial charge in [0.25, 0.3) is 0 Å². The van der Waals surface area contributed by atoms with Crippen LogP contribution in [0.4, 0.5) is 5.69 Å². The fraction of sp³-hybridized carbons (Fsp3) is 0.500. The summed E-state index contributed by atoms with van der Waals surface area (Å²) in [5.74, 6) is 1.96. The summed E-state index contributed by atoms with van der Waals surface area (Å²) < 4.78 is 1.23. The Morgan fingerprint density at radius 1 is 1.38 bits per heavy atom. The molecule has 1 fully saturated rings. The zero-order chi connectivity index (χ0) is 14.3. The Hall–Kier alpha value is -1.07. The molecule has 2 heterocycles. The predicted molar refractivity (Wildman–Crippen MR) is 93.5 cm³/mol. The van der Waals surface area contributed by atoms with Crippen LogP contribution in [-0.2, 0) is 0 Å². The van der Waals surface area contributed by atoms with E-state index in [1.165, 1.54) is 30.4 Å². The number of nitrogens with one attached hydrogen (secondary N) is 1. The molecule has 110 valence electrons. The van der Waals surface area contributed by atoms with Gasteiger partial charge in [0, 0.05) is 11.4 Å². The first kappa shape index (κ1) is 13.6. The molecule has 3 nitrogen and oxygen atoms in total. The van der Waals surface area contributed by atoms with Crippen LogP contribution >= 0.6 is 23.1 Å². The molecule has 1 aliphatic carbocycles. The average Bonchev–Trinajstić information content (AvgIpc) is 3.06. The molecule has 0 bridgehead atoms. The molecule has 0 radical (unpaired) electrons. The van der Waals surface area contributed by atoms with Crippen molar-refractivity contribution in [2.24, 2.45) is 10.9 Å². The van der Waals surface area contributed by atoms with Gasteiger partial charge in [0.2, 0.25) is 0 Å². The maximum atomic E-state index is 5.05. The van der Waals surface area contributed by atoms with Crippen molar-refractivity contribution in [3.05, 3.63) is 23.7 Å². The summed E-state index contributed by atoms with van der Waals surface area (Å²) in [6, 6.07) is 6.34. The van der Waals surface area contributed by atoms with Gasteiger partial charge in [-0.15, -0.1) is 11.3 Å². The lowest BCUT2D eigenvalue weighted by atomic mass is 9.78. The van der Waals surface area contributed by atoms with Crippen molar-refractivity contribution in [1.29, 1.82) is 0 Å². The lowest BCUT2D eigenvalue weighted by Crippen LogP contribution is -2.33. The van der Waals surface area contributed by atoms with E-state index in [-0.39, 0.29) is 5.54 Å². The van der Waals surface area contributed by atoms with Crippen LogP contribution in [0.25, 0.3) is 10.2 Å². The molecule has 0 amide bonds. The second-order valence-electron chi connectivity index (χ2n) is 6.29. The Morgan fingerprint density at radius 3 is 3.24 bits per heavy atom. The normalized spacial score (nSPS) is 29.0. The Labute approximate surface area is 133 Å². The number of thioether (sulfide) groups is 1. The molecule has 1 aromatic heterocycles. The van der Waals surface area contributed by atoms with E-state index < -0.39 is 0 Å². The second kappa shape index (κ2) is 5.29. The third-order valence-electron chi connectivity index (χ3n) is 4.47. The smallest absolute Gasteiger partial charge is 0.161 e. The minimum Gasteiger partial charge on any atom is -0.335 e. The Kier molecular flexibility index (Phi) is 3.42. The van der Waals surface area contributed by atoms with E-state index in [4.69, 9.17) is 4.99 Å². The molecule has 2 atom stereocenters. The molecule has 1 aromatic carbocycles. The van der Waals surface area contributed by atoms with Crippen molar-refractivity contribution in [3.8, 4) is 0 Å². The highest BCUT2D eigenvalue weighted by atomic mass is 32.2. The van der Waals surface area contributed by atoms with Crippen LogP contribution in [0.3, 0.4) is 0 Å². The number of aromatic nitrogens is 1. The number of anilines is 1. The Morgan fingerprint density at radius 2 is 2.33 bits per heavy atom. The van der Waals surface area contributed by atoms with Crippen LogP contribution in [0, 0.1) is 5.92 Å². The summed E-state index contributed by atoms with van der Waals surface area (Å²) in [7, 11) is 0. The Bertz CT molecular complexity index is 694. The highest BCUT2D eigenvalue weighted by Gasteiger charge is 2.39. The number of hydrogen-bond acceptors (Lipinski definition) is 5. The molecular formula is C16H19N3S2.